The number of anilines is 3. The van der Waals surface area contributed by atoms with Gasteiger partial charge in [-0.3, -0.25) is 4.79 Å². The number of carbonyl (C=O) groups is 1. The van der Waals surface area contributed by atoms with Gasteiger partial charge in [0.2, 0.25) is 23.8 Å². The van der Waals surface area contributed by atoms with Crippen molar-refractivity contribution in [2.24, 2.45) is 11.1 Å². The van der Waals surface area contributed by atoms with Crippen LogP contribution in [0.2, 0.25) is 0 Å². The summed E-state index contributed by atoms with van der Waals surface area (Å²) in [4.78, 5) is 25.9. The van der Waals surface area contributed by atoms with Gasteiger partial charge < -0.3 is 21.3 Å². The van der Waals surface area contributed by atoms with E-state index in [1.165, 1.54) is 0 Å². The van der Waals surface area contributed by atoms with E-state index in [1.807, 2.05) is 21.0 Å². The average molecular weight is 281 g/mol. The Bertz CT molecular complexity index is 473. The van der Waals surface area contributed by atoms with Gasteiger partial charge in [0.15, 0.2) is 0 Å². The second-order valence-corrected chi connectivity index (χ2v) is 5.31. The minimum atomic E-state index is -0.677. The molecule has 0 fully saturated rings. The molecule has 0 spiro atoms. The summed E-state index contributed by atoms with van der Waals surface area (Å²) >= 11 is 0. The SMILES string of the molecule is CCNc1nc(NCC(C)(C)C(N)=O)nc(N(C)C)n1. The summed E-state index contributed by atoms with van der Waals surface area (Å²) in [5, 5.41) is 6.07. The third-order valence-electron chi connectivity index (χ3n) is 2.71. The van der Waals surface area contributed by atoms with Gasteiger partial charge in [-0.2, -0.15) is 15.0 Å². The highest BCUT2D eigenvalue weighted by atomic mass is 16.1. The molecule has 112 valence electrons. The Hall–Kier alpha value is -2.12. The van der Waals surface area contributed by atoms with Crippen LogP contribution in [0.1, 0.15) is 20.8 Å². The summed E-state index contributed by atoms with van der Waals surface area (Å²) < 4.78 is 0. The molecular formula is C12H23N7O. The Balaban J connectivity index is 2.91. The third kappa shape index (κ3) is 4.22. The Labute approximate surface area is 119 Å². The van der Waals surface area contributed by atoms with Gasteiger partial charge in [0.25, 0.3) is 0 Å². The highest BCUT2D eigenvalue weighted by molar-refractivity contribution is 5.80. The molecule has 1 amide bonds. The molecule has 1 aromatic rings. The molecule has 8 heteroatoms. The number of nitrogens with zero attached hydrogens (tertiary/aromatic N) is 4. The normalized spacial score (nSPS) is 11.1. The van der Waals surface area contributed by atoms with Crippen LogP contribution in [-0.4, -0.2) is 48.0 Å². The Morgan fingerprint density at radius 3 is 2.20 bits per heavy atom. The second kappa shape index (κ2) is 6.36. The number of nitrogens with one attached hydrogen (secondary N) is 2. The first-order valence-electron chi connectivity index (χ1n) is 6.47. The summed E-state index contributed by atoms with van der Waals surface area (Å²) in [5.41, 5.74) is 4.66. The molecule has 0 aliphatic heterocycles. The van der Waals surface area contributed by atoms with Crippen molar-refractivity contribution in [2.45, 2.75) is 20.8 Å². The molecule has 8 nitrogen and oxygen atoms in total. The molecule has 0 atom stereocenters. The first-order chi connectivity index (χ1) is 9.26. The molecule has 20 heavy (non-hydrogen) atoms. The maximum absolute atomic E-state index is 11.3. The lowest BCUT2D eigenvalue weighted by Crippen LogP contribution is -2.37. The fraction of sp³-hybridized carbons (Fsp3) is 0.667. The van der Waals surface area contributed by atoms with Crippen molar-refractivity contribution in [2.75, 3.05) is 42.7 Å². The van der Waals surface area contributed by atoms with Gasteiger partial charge in [0, 0.05) is 27.2 Å². The lowest BCUT2D eigenvalue weighted by Gasteiger charge is -2.21. The number of primary amides is 1. The van der Waals surface area contributed by atoms with Crippen LogP contribution < -0.4 is 21.3 Å². The maximum atomic E-state index is 11.3. The van der Waals surface area contributed by atoms with E-state index in [-0.39, 0.29) is 5.91 Å². The van der Waals surface area contributed by atoms with Crippen molar-refractivity contribution in [1.29, 1.82) is 0 Å². The molecule has 1 aromatic heterocycles. The third-order valence-corrected chi connectivity index (χ3v) is 2.71. The highest BCUT2D eigenvalue weighted by Crippen LogP contribution is 2.16. The molecule has 0 aliphatic carbocycles. The first kappa shape index (κ1) is 15.9. The van der Waals surface area contributed by atoms with Crippen LogP contribution in [-0.2, 0) is 4.79 Å². The standard InChI is InChI=1S/C12H23N7O/c1-6-14-9-16-10(18-11(17-9)19(4)5)15-7-12(2,3)8(13)20/h6-7H2,1-5H3,(H2,13,20)(H2,14,15,16,17,18). The van der Waals surface area contributed by atoms with E-state index in [1.54, 1.807) is 18.7 Å². The zero-order valence-corrected chi connectivity index (χ0v) is 12.7. The van der Waals surface area contributed by atoms with Crippen molar-refractivity contribution >= 4 is 23.8 Å². The van der Waals surface area contributed by atoms with Crippen LogP contribution in [0.15, 0.2) is 0 Å². The van der Waals surface area contributed by atoms with Gasteiger partial charge in [0.1, 0.15) is 0 Å². The summed E-state index contributed by atoms with van der Waals surface area (Å²) in [7, 11) is 3.70. The average Bonchev–Trinajstić information content (AvgIpc) is 2.36. The van der Waals surface area contributed by atoms with Crippen LogP contribution in [0.4, 0.5) is 17.8 Å². The summed E-state index contributed by atoms with van der Waals surface area (Å²) in [6.45, 7) is 6.56. The minimum Gasteiger partial charge on any atom is -0.369 e. The number of nitrogens with two attached hydrogens (primary N) is 1. The summed E-state index contributed by atoms with van der Waals surface area (Å²) in [6, 6.07) is 0. The monoisotopic (exact) mass is 281 g/mol. The van der Waals surface area contributed by atoms with Crippen molar-refractivity contribution in [1.82, 2.24) is 15.0 Å². The molecular weight excluding hydrogens is 258 g/mol. The van der Waals surface area contributed by atoms with Gasteiger partial charge in [0.05, 0.1) is 5.41 Å². The number of hydrogen-bond donors (Lipinski definition) is 3. The number of amides is 1. The summed E-state index contributed by atoms with van der Waals surface area (Å²) in [5.74, 6) is 1.06. The number of rotatable bonds is 7. The topological polar surface area (TPSA) is 109 Å². The fourth-order valence-electron chi connectivity index (χ4n) is 1.27. The lowest BCUT2D eigenvalue weighted by atomic mass is 9.93. The Kier molecular flexibility index (Phi) is 5.06. The molecule has 0 radical (unpaired) electrons. The van der Waals surface area contributed by atoms with Gasteiger partial charge in [-0.1, -0.05) is 0 Å². The van der Waals surface area contributed by atoms with Gasteiger partial charge in [-0.15, -0.1) is 0 Å². The fourth-order valence-corrected chi connectivity index (χ4v) is 1.27. The van der Waals surface area contributed by atoms with E-state index < -0.39 is 5.41 Å². The van der Waals surface area contributed by atoms with Crippen LogP contribution >= 0.6 is 0 Å². The number of carbonyl (C=O) groups excluding carboxylic acids is 1. The van der Waals surface area contributed by atoms with E-state index >= 15 is 0 Å². The number of hydrogen-bond acceptors (Lipinski definition) is 7. The van der Waals surface area contributed by atoms with E-state index in [0.717, 1.165) is 0 Å². The molecule has 1 heterocycles. The molecule has 0 aliphatic rings. The largest absolute Gasteiger partial charge is 0.369 e. The van der Waals surface area contributed by atoms with Crippen LogP contribution in [0, 0.1) is 5.41 Å². The van der Waals surface area contributed by atoms with Crippen LogP contribution in [0.3, 0.4) is 0 Å². The zero-order chi connectivity index (χ0) is 15.3. The maximum Gasteiger partial charge on any atom is 0.231 e. The molecule has 0 unspecified atom stereocenters. The van der Waals surface area contributed by atoms with E-state index in [0.29, 0.717) is 30.9 Å². The van der Waals surface area contributed by atoms with E-state index in [2.05, 4.69) is 25.6 Å². The minimum absolute atomic E-state index is 0.352. The van der Waals surface area contributed by atoms with E-state index in [4.69, 9.17) is 5.73 Å². The molecule has 0 aromatic carbocycles. The smallest absolute Gasteiger partial charge is 0.231 e. The van der Waals surface area contributed by atoms with Crippen LogP contribution in [0.25, 0.3) is 0 Å². The highest BCUT2D eigenvalue weighted by Gasteiger charge is 2.25. The van der Waals surface area contributed by atoms with Gasteiger partial charge >= 0.3 is 0 Å². The zero-order valence-electron chi connectivity index (χ0n) is 12.7. The number of aromatic nitrogens is 3. The molecule has 0 saturated carbocycles. The Morgan fingerprint density at radius 2 is 1.75 bits per heavy atom. The Morgan fingerprint density at radius 1 is 1.20 bits per heavy atom. The van der Waals surface area contributed by atoms with Crippen molar-refractivity contribution < 1.29 is 4.79 Å². The van der Waals surface area contributed by atoms with Crippen molar-refractivity contribution in [3.63, 3.8) is 0 Å². The van der Waals surface area contributed by atoms with Gasteiger partial charge in [-0.05, 0) is 20.8 Å². The molecule has 4 N–H and O–H groups in total. The van der Waals surface area contributed by atoms with Crippen molar-refractivity contribution in [3.05, 3.63) is 0 Å². The second-order valence-electron chi connectivity index (χ2n) is 5.31. The predicted octanol–water partition coefficient (Wildman–Crippen LogP) is 0.293. The quantitative estimate of drug-likeness (QED) is 0.659. The van der Waals surface area contributed by atoms with Crippen molar-refractivity contribution in [3.8, 4) is 0 Å². The molecule has 0 saturated heterocycles. The first-order valence-corrected chi connectivity index (χ1v) is 6.47. The van der Waals surface area contributed by atoms with Gasteiger partial charge in [-0.25, -0.2) is 0 Å². The van der Waals surface area contributed by atoms with Crippen LogP contribution in [0.5, 0.6) is 0 Å². The molecule has 0 bridgehead atoms. The van der Waals surface area contributed by atoms with E-state index in [9.17, 15) is 4.79 Å². The lowest BCUT2D eigenvalue weighted by molar-refractivity contribution is -0.125. The molecule has 1 rings (SSSR count). The summed E-state index contributed by atoms with van der Waals surface area (Å²) in [6.07, 6.45) is 0. The predicted molar refractivity (Wildman–Crippen MR) is 79.8 cm³/mol.